The van der Waals surface area contributed by atoms with Gasteiger partial charge in [0.25, 0.3) is 0 Å². The van der Waals surface area contributed by atoms with Crippen molar-refractivity contribution < 1.29 is 9.13 Å². The van der Waals surface area contributed by atoms with Crippen LogP contribution < -0.4 is 10.5 Å². The van der Waals surface area contributed by atoms with Crippen molar-refractivity contribution in [3.8, 4) is 5.75 Å². The highest BCUT2D eigenvalue weighted by Crippen LogP contribution is 2.19. The SMILES string of the molecule is Cc1cccnc1COc1ccc(C(N)=S)cc1F. The molecule has 0 aliphatic heterocycles. The van der Waals surface area contributed by atoms with Gasteiger partial charge in [-0.25, -0.2) is 4.39 Å². The van der Waals surface area contributed by atoms with Crippen molar-refractivity contribution in [3.63, 3.8) is 0 Å². The van der Waals surface area contributed by atoms with Gasteiger partial charge in [0.2, 0.25) is 0 Å². The Balaban J connectivity index is 2.12. The van der Waals surface area contributed by atoms with E-state index in [4.69, 9.17) is 22.7 Å². The van der Waals surface area contributed by atoms with E-state index in [1.807, 2.05) is 19.1 Å². The smallest absolute Gasteiger partial charge is 0.165 e. The van der Waals surface area contributed by atoms with Crippen LogP contribution in [0.25, 0.3) is 0 Å². The molecule has 1 aromatic carbocycles. The van der Waals surface area contributed by atoms with Gasteiger partial charge in [0.15, 0.2) is 11.6 Å². The Bertz CT molecular complexity index is 616. The maximum atomic E-state index is 13.8. The van der Waals surface area contributed by atoms with Gasteiger partial charge in [0.1, 0.15) is 11.6 Å². The van der Waals surface area contributed by atoms with Crippen LogP contribution in [0.3, 0.4) is 0 Å². The summed E-state index contributed by atoms with van der Waals surface area (Å²) in [6, 6.07) is 8.19. The minimum atomic E-state index is -0.487. The van der Waals surface area contributed by atoms with Crippen LogP contribution in [-0.2, 0) is 6.61 Å². The van der Waals surface area contributed by atoms with Gasteiger partial charge in [-0.1, -0.05) is 18.3 Å². The molecule has 0 spiro atoms. The van der Waals surface area contributed by atoms with Gasteiger partial charge in [-0.05, 0) is 36.8 Å². The van der Waals surface area contributed by atoms with E-state index in [-0.39, 0.29) is 17.3 Å². The first-order chi connectivity index (χ1) is 9.08. The highest BCUT2D eigenvalue weighted by molar-refractivity contribution is 7.80. The zero-order valence-corrected chi connectivity index (χ0v) is 11.2. The summed E-state index contributed by atoms with van der Waals surface area (Å²) in [7, 11) is 0. The maximum Gasteiger partial charge on any atom is 0.165 e. The van der Waals surface area contributed by atoms with E-state index < -0.39 is 5.82 Å². The van der Waals surface area contributed by atoms with Gasteiger partial charge in [-0.3, -0.25) is 4.98 Å². The van der Waals surface area contributed by atoms with Crippen molar-refractivity contribution in [1.82, 2.24) is 4.98 Å². The average molecular weight is 276 g/mol. The second-order valence-electron chi connectivity index (χ2n) is 4.07. The summed E-state index contributed by atoms with van der Waals surface area (Å²) in [5, 5.41) is 0. The third kappa shape index (κ3) is 3.26. The summed E-state index contributed by atoms with van der Waals surface area (Å²) in [5.41, 5.74) is 7.69. The number of hydrogen-bond acceptors (Lipinski definition) is 3. The van der Waals surface area contributed by atoms with Crippen LogP contribution in [0.5, 0.6) is 5.75 Å². The molecule has 19 heavy (non-hydrogen) atoms. The Labute approximate surface area is 116 Å². The number of pyridine rings is 1. The Morgan fingerprint density at radius 2 is 2.21 bits per heavy atom. The second kappa shape index (κ2) is 5.75. The van der Waals surface area contributed by atoms with Crippen LogP contribution in [0, 0.1) is 12.7 Å². The van der Waals surface area contributed by atoms with E-state index in [1.165, 1.54) is 12.1 Å². The molecule has 0 atom stereocenters. The number of hydrogen-bond donors (Lipinski definition) is 1. The predicted molar refractivity (Wildman–Crippen MR) is 75.6 cm³/mol. The van der Waals surface area contributed by atoms with Crippen molar-refractivity contribution in [2.75, 3.05) is 0 Å². The van der Waals surface area contributed by atoms with Crippen LogP contribution in [0.2, 0.25) is 0 Å². The molecular formula is C14H13FN2OS. The first-order valence-electron chi connectivity index (χ1n) is 5.70. The third-order valence-electron chi connectivity index (χ3n) is 2.70. The quantitative estimate of drug-likeness (QED) is 0.872. The standard InChI is InChI=1S/C14H13FN2OS/c1-9-3-2-6-17-12(9)8-18-13-5-4-10(14(16)19)7-11(13)15/h2-7H,8H2,1H3,(H2,16,19). The molecule has 1 aromatic heterocycles. The number of benzene rings is 1. The fourth-order valence-electron chi connectivity index (χ4n) is 1.59. The average Bonchev–Trinajstić information content (AvgIpc) is 2.39. The van der Waals surface area contributed by atoms with Crippen LogP contribution in [-0.4, -0.2) is 9.97 Å². The van der Waals surface area contributed by atoms with Crippen LogP contribution >= 0.6 is 12.2 Å². The molecule has 0 saturated carbocycles. The zero-order chi connectivity index (χ0) is 13.8. The van der Waals surface area contributed by atoms with Crippen molar-refractivity contribution in [2.24, 2.45) is 5.73 Å². The van der Waals surface area contributed by atoms with E-state index in [1.54, 1.807) is 12.3 Å². The molecule has 2 aromatic rings. The van der Waals surface area contributed by atoms with E-state index in [2.05, 4.69) is 4.98 Å². The van der Waals surface area contributed by atoms with Crippen molar-refractivity contribution >= 4 is 17.2 Å². The van der Waals surface area contributed by atoms with Crippen molar-refractivity contribution in [1.29, 1.82) is 0 Å². The van der Waals surface area contributed by atoms with E-state index in [0.717, 1.165) is 11.3 Å². The van der Waals surface area contributed by atoms with Gasteiger partial charge in [-0.2, -0.15) is 0 Å². The topological polar surface area (TPSA) is 48.1 Å². The molecule has 2 N–H and O–H groups in total. The number of halogens is 1. The predicted octanol–water partition coefficient (Wildman–Crippen LogP) is 2.74. The Hall–Kier alpha value is -2.01. The lowest BCUT2D eigenvalue weighted by atomic mass is 10.2. The minimum Gasteiger partial charge on any atom is -0.484 e. The lowest BCUT2D eigenvalue weighted by Gasteiger charge is -2.09. The molecular weight excluding hydrogens is 263 g/mol. The maximum absolute atomic E-state index is 13.8. The molecule has 0 aliphatic carbocycles. The molecule has 98 valence electrons. The fourth-order valence-corrected chi connectivity index (χ4v) is 1.71. The molecule has 0 unspecified atom stereocenters. The van der Waals surface area contributed by atoms with E-state index >= 15 is 0 Å². The molecule has 3 nitrogen and oxygen atoms in total. The van der Waals surface area contributed by atoms with E-state index in [9.17, 15) is 4.39 Å². The summed E-state index contributed by atoms with van der Waals surface area (Å²) >= 11 is 4.78. The molecule has 2 rings (SSSR count). The number of aryl methyl sites for hydroxylation is 1. The number of thiocarbonyl (C=S) groups is 1. The summed E-state index contributed by atoms with van der Waals surface area (Å²) in [4.78, 5) is 4.34. The molecule has 1 heterocycles. The summed E-state index contributed by atoms with van der Waals surface area (Å²) in [5.74, 6) is -0.330. The van der Waals surface area contributed by atoms with Gasteiger partial charge >= 0.3 is 0 Å². The third-order valence-corrected chi connectivity index (χ3v) is 2.93. The Kier molecular flexibility index (Phi) is 4.06. The number of nitrogens with zero attached hydrogens (tertiary/aromatic N) is 1. The van der Waals surface area contributed by atoms with Crippen molar-refractivity contribution in [3.05, 3.63) is 59.2 Å². The molecule has 5 heteroatoms. The van der Waals surface area contributed by atoms with Crippen LogP contribution in [0.15, 0.2) is 36.5 Å². The largest absolute Gasteiger partial charge is 0.484 e. The molecule has 0 radical (unpaired) electrons. The fraction of sp³-hybridized carbons (Fsp3) is 0.143. The van der Waals surface area contributed by atoms with Gasteiger partial charge in [-0.15, -0.1) is 0 Å². The lowest BCUT2D eigenvalue weighted by molar-refractivity contribution is 0.285. The molecule has 0 aliphatic rings. The summed E-state index contributed by atoms with van der Waals surface area (Å²) in [6.45, 7) is 2.15. The van der Waals surface area contributed by atoms with Crippen LogP contribution in [0.1, 0.15) is 16.8 Å². The van der Waals surface area contributed by atoms with Gasteiger partial charge < -0.3 is 10.5 Å². The lowest BCUT2D eigenvalue weighted by Crippen LogP contribution is -2.10. The van der Waals surface area contributed by atoms with Crippen molar-refractivity contribution in [2.45, 2.75) is 13.5 Å². The molecule has 0 fully saturated rings. The first-order valence-corrected chi connectivity index (χ1v) is 6.11. The first kappa shape index (κ1) is 13.4. The zero-order valence-electron chi connectivity index (χ0n) is 10.4. The highest BCUT2D eigenvalue weighted by atomic mass is 32.1. The summed E-state index contributed by atoms with van der Waals surface area (Å²) < 4.78 is 19.2. The number of nitrogens with two attached hydrogens (primary N) is 1. The Morgan fingerprint density at radius 3 is 2.84 bits per heavy atom. The monoisotopic (exact) mass is 276 g/mol. The normalized spacial score (nSPS) is 10.2. The Morgan fingerprint density at radius 1 is 1.42 bits per heavy atom. The van der Waals surface area contributed by atoms with Gasteiger partial charge in [0.05, 0.1) is 5.69 Å². The number of aromatic nitrogens is 1. The second-order valence-corrected chi connectivity index (χ2v) is 4.50. The molecule has 0 saturated heterocycles. The number of rotatable bonds is 4. The van der Waals surface area contributed by atoms with E-state index in [0.29, 0.717) is 5.56 Å². The number of ether oxygens (including phenoxy) is 1. The minimum absolute atomic E-state index is 0.157. The summed E-state index contributed by atoms with van der Waals surface area (Å²) in [6.07, 6.45) is 1.68. The molecule has 0 amide bonds. The van der Waals surface area contributed by atoms with Crippen LogP contribution in [0.4, 0.5) is 4.39 Å². The van der Waals surface area contributed by atoms with Gasteiger partial charge in [0, 0.05) is 11.8 Å². The molecule has 0 bridgehead atoms. The highest BCUT2D eigenvalue weighted by Gasteiger charge is 2.07.